The lowest BCUT2D eigenvalue weighted by molar-refractivity contribution is -0.138. The molecule has 110 valence electrons. The van der Waals surface area contributed by atoms with Gasteiger partial charge in [0.15, 0.2) is 0 Å². The summed E-state index contributed by atoms with van der Waals surface area (Å²) in [7, 11) is 0. The zero-order chi connectivity index (χ0) is 14.4. The molecule has 0 spiro atoms. The standard InChI is InChI=1S/C16H23NO3/c1-12-7-8-15(11-13(12)2)19-10-9-16(18)17-20-14-5-3-4-6-14/h7-8,11,14H,3-6,9-10H2,1-2H3,(H,17,18). The maximum atomic E-state index is 11.6. The highest BCUT2D eigenvalue weighted by atomic mass is 16.7. The van der Waals surface area contributed by atoms with Gasteiger partial charge < -0.3 is 4.74 Å². The second-order valence-corrected chi connectivity index (χ2v) is 5.39. The van der Waals surface area contributed by atoms with E-state index in [0.717, 1.165) is 18.6 Å². The van der Waals surface area contributed by atoms with E-state index in [-0.39, 0.29) is 12.0 Å². The van der Waals surface area contributed by atoms with E-state index in [0.29, 0.717) is 13.0 Å². The summed E-state index contributed by atoms with van der Waals surface area (Å²) in [5.74, 6) is 0.679. The number of rotatable bonds is 6. The van der Waals surface area contributed by atoms with Crippen LogP contribution in [0.5, 0.6) is 5.75 Å². The Hall–Kier alpha value is -1.55. The van der Waals surface area contributed by atoms with Crippen LogP contribution in [0.25, 0.3) is 0 Å². The molecule has 0 saturated heterocycles. The molecule has 0 aromatic heterocycles. The van der Waals surface area contributed by atoms with Crippen molar-refractivity contribution in [3.8, 4) is 5.75 Å². The second kappa shape index (κ2) is 7.29. The van der Waals surface area contributed by atoms with Gasteiger partial charge in [-0.1, -0.05) is 18.9 Å². The van der Waals surface area contributed by atoms with Crippen molar-refractivity contribution in [3.05, 3.63) is 29.3 Å². The van der Waals surface area contributed by atoms with Crippen LogP contribution in [0.15, 0.2) is 18.2 Å². The van der Waals surface area contributed by atoms with Gasteiger partial charge in [0.25, 0.3) is 0 Å². The molecule has 4 nitrogen and oxygen atoms in total. The highest BCUT2D eigenvalue weighted by molar-refractivity contribution is 5.74. The molecule has 0 atom stereocenters. The van der Waals surface area contributed by atoms with Crippen LogP contribution >= 0.6 is 0 Å². The minimum absolute atomic E-state index is 0.124. The number of benzene rings is 1. The van der Waals surface area contributed by atoms with Crippen molar-refractivity contribution < 1.29 is 14.4 Å². The summed E-state index contributed by atoms with van der Waals surface area (Å²) >= 11 is 0. The molecule has 1 fully saturated rings. The summed E-state index contributed by atoms with van der Waals surface area (Å²) in [4.78, 5) is 16.9. The Morgan fingerprint density at radius 3 is 2.70 bits per heavy atom. The summed E-state index contributed by atoms with van der Waals surface area (Å²) in [5, 5.41) is 0. The first-order valence-corrected chi connectivity index (χ1v) is 7.29. The topological polar surface area (TPSA) is 47.6 Å². The van der Waals surface area contributed by atoms with E-state index in [1.165, 1.54) is 24.0 Å². The lowest BCUT2D eigenvalue weighted by Gasteiger charge is -2.12. The summed E-state index contributed by atoms with van der Waals surface area (Å²) in [6, 6.07) is 5.94. The average Bonchev–Trinajstić information content (AvgIpc) is 2.94. The Bertz CT molecular complexity index is 453. The SMILES string of the molecule is Cc1ccc(OCCC(=O)NOC2CCCC2)cc1C. The molecule has 1 amide bonds. The Balaban J connectivity index is 1.64. The molecule has 4 heteroatoms. The molecule has 1 aromatic rings. The molecule has 1 aliphatic rings. The molecular formula is C16H23NO3. The highest BCUT2D eigenvalue weighted by Gasteiger charge is 2.16. The van der Waals surface area contributed by atoms with Crippen LogP contribution in [0.1, 0.15) is 43.2 Å². The van der Waals surface area contributed by atoms with Gasteiger partial charge in [-0.05, 0) is 49.9 Å². The molecule has 0 heterocycles. The predicted molar refractivity (Wildman–Crippen MR) is 77.5 cm³/mol. The number of ether oxygens (including phenoxy) is 1. The monoisotopic (exact) mass is 277 g/mol. The molecule has 20 heavy (non-hydrogen) atoms. The first kappa shape index (κ1) is 14.9. The van der Waals surface area contributed by atoms with E-state index in [1.54, 1.807) is 0 Å². The fraction of sp³-hybridized carbons (Fsp3) is 0.562. The molecular weight excluding hydrogens is 254 g/mol. The number of nitrogens with one attached hydrogen (secondary N) is 1. The van der Waals surface area contributed by atoms with Crippen molar-refractivity contribution in [3.63, 3.8) is 0 Å². The average molecular weight is 277 g/mol. The van der Waals surface area contributed by atoms with Crippen LogP contribution in [0.4, 0.5) is 0 Å². The fourth-order valence-electron chi connectivity index (χ4n) is 2.27. The normalized spacial score (nSPS) is 15.3. The van der Waals surface area contributed by atoms with Crippen LogP contribution in [0.2, 0.25) is 0 Å². The molecule has 1 aromatic carbocycles. The lowest BCUT2D eigenvalue weighted by Crippen LogP contribution is -2.29. The first-order valence-electron chi connectivity index (χ1n) is 7.29. The van der Waals surface area contributed by atoms with Gasteiger partial charge in [-0.2, -0.15) is 0 Å². The minimum atomic E-state index is -0.124. The number of hydrogen-bond donors (Lipinski definition) is 1. The molecule has 1 aliphatic carbocycles. The highest BCUT2D eigenvalue weighted by Crippen LogP contribution is 2.20. The summed E-state index contributed by atoms with van der Waals surface area (Å²) in [6.45, 7) is 4.47. The van der Waals surface area contributed by atoms with Crippen molar-refractivity contribution in [1.29, 1.82) is 0 Å². The Morgan fingerprint density at radius 2 is 2.00 bits per heavy atom. The van der Waals surface area contributed by atoms with E-state index in [9.17, 15) is 4.79 Å². The number of carbonyl (C=O) groups is 1. The van der Waals surface area contributed by atoms with Gasteiger partial charge in [-0.15, -0.1) is 0 Å². The number of carbonyl (C=O) groups excluding carboxylic acids is 1. The first-order chi connectivity index (χ1) is 9.65. The van der Waals surface area contributed by atoms with Gasteiger partial charge in [0.2, 0.25) is 5.91 Å². The number of aryl methyl sites for hydroxylation is 2. The van der Waals surface area contributed by atoms with Crippen LogP contribution in [0, 0.1) is 13.8 Å². The number of hydrogen-bond acceptors (Lipinski definition) is 3. The maximum Gasteiger partial charge on any atom is 0.246 e. The molecule has 0 aliphatic heterocycles. The predicted octanol–water partition coefficient (Wildman–Crippen LogP) is 3.06. The van der Waals surface area contributed by atoms with Gasteiger partial charge in [-0.25, -0.2) is 5.48 Å². The fourth-order valence-corrected chi connectivity index (χ4v) is 2.27. The smallest absolute Gasteiger partial charge is 0.246 e. The van der Waals surface area contributed by atoms with Crippen molar-refractivity contribution in [2.24, 2.45) is 0 Å². The van der Waals surface area contributed by atoms with E-state index in [2.05, 4.69) is 12.4 Å². The molecule has 1 N–H and O–H groups in total. The third-order valence-corrected chi connectivity index (χ3v) is 3.72. The molecule has 1 saturated carbocycles. The molecule has 0 bridgehead atoms. The minimum Gasteiger partial charge on any atom is -0.493 e. The van der Waals surface area contributed by atoms with Gasteiger partial charge in [-0.3, -0.25) is 9.63 Å². The molecule has 2 rings (SSSR count). The Kier molecular flexibility index (Phi) is 5.41. The van der Waals surface area contributed by atoms with Crippen molar-refractivity contribution >= 4 is 5.91 Å². The van der Waals surface area contributed by atoms with Crippen molar-refractivity contribution in [2.45, 2.75) is 52.1 Å². The zero-order valence-corrected chi connectivity index (χ0v) is 12.3. The molecule has 0 unspecified atom stereocenters. The summed E-state index contributed by atoms with van der Waals surface area (Å²) in [5.41, 5.74) is 4.94. The Labute approximate surface area is 120 Å². The van der Waals surface area contributed by atoms with Gasteiger partial charge in [0, 0.05) is 0 Å². The van der Waals surface area contributed by atoms with Crippen LogP contribution in [-0.4, -0.2) is 18.6 Å². The Morgan fingerprint density at radius 1 is 1.25 bits per heavy atom. The van der Waals surface area contributed by atoms with Crippen LogP contribution < -0.4 is 10.2 Å². The maximum absolute atomic E-state index is 11.6. The van der Waals surface area contributed by atoms with Gasteiger partial charge in [0.05, 0.1) is 19.1 Å². The van der Waals surface area contributed by atoms with Crippen LogP contribution in [0.3, 0.4) is 0 Å². The largest absolute Gasteiger partial charge is 0.493 e. The van der Waals surface area contributed by atoms with Crippen molar-refractivity contribution in [1.82, 2.24) is 5.48 Å². The van der Waals surface area contributed by atoms with E-state index in [1.807, 2.05) is 25.1 Å². The zero-order valence-electron chi connectivity index (χ0n) is 12.3. The van der Waals surface area contributed by atoms with E-state index >= 15 is 0 Å². The van der Waals surface area contributed by atoms with E-state index < -0.39 is 0 Å². The third-order valence-electron chi connectivity index (χ3n) is 3.72. The van der Waals surface area contributed by atoms with Gasteiger partial charge >= 0.3 is 0 Å². The summed E-state index contributed by atoms with van der Waals surface area (Å²) < 4.78 is 5.57. The second-order valence-electron chi connectivity index (χ2n) is 5.39. The number of amides is 1. The quantitative estimate of drug-likeness (QED) is 0.813. The van der Waals surface area contributed by atoms with E-state index in [4.69, 9.17) is 9.57 Å². The lowest BCUT2D eigenvalue weighted by atomic mass is 10.1. The van der Waals surface area contributed by atoms with Gasteiger partial charge in [0.1, 0.15) is 5.75 Å². The van der Waals surface area contributed by atoms with Crippen LogP contribution in [-0.2, 0) is 9.63 Å². The summed E-state index contributed by atoms with van der Waals surface area (Å²) in [6.07, 6.45) is 4.96. The molecule has 0 radical (unpaired) electrons. The van der Waals surface area contributed by atoms with Crippen molar-refractivity contribution in [2.75, 3.05) is 6.61 Å². The third kappa shape index (κ3) is 4.53. The number of hydroxylamine groups is 1.